The Morgan fingerprint density at radius 3 is 2.62 bits per heavy atom. The van der Waals surface area contributed by atoms with Crippen molar-refractivity contribution in [3.63, 3.8) is 0 Å². The molecule has 0 amide bonds. The number of piperidine rings is 1. The van der Waals surface area contributed by atoms with Gasteiger partial charge in [-0.05, 0) is 38.8 Å². The predicted molar refractivity (Wildman–Crippen MR) is 97.6 cm³/mol. The Labute approximate surface area is 154 Å². The van der Waals surface area contributed by atoms with Gasteiger partial charge in [0.15, 0.2) is 5.82 Å². The molecule has 0 spiro atoms. The number of ether oxygens (including phenoxy) is 1. The molecule has 0 unspecified atom stereocenters. The molecule has 2 aromatic heterocycles. The van der Waals surface area contributed by atoms with E-state index in [9.17, 15) is 0 Å². The zero-order valence-corrected chi connectivity index (χ0v) is 15.6. The largest absolute Gasteiger partial charge is 0.377 e. The molecule has 7 heteroatoms. The lowest BCUT2D eigenvalue weighted by Crippen LogP contribution is -2.33. The Kier molecular flexibility index (Phi) is 5.55. The molecule has 0 aliphatic carbocycles. The summed E-state index contributed by atoms with van der Waals surface area (Å²) in [7, 11) is 1.66. The van der Waals surface area contributed by atoms with Crippen LogP contribution in [0.15, 0.2) is 12.4 Å². The third-order valence-electron chi connectivity index (χ3n) is 5.53. The quantitative estimate of drug-likeness (QED) is 0.819. The SMILES string of the molecule is COCc1ncc(CN2CCC(c3nnc4n3CCCCC4)CC2)cn1. The molecule has 7 nitrogen and oxygen atoms in total. The van der Waals surface area contributed by atoms with E-state index in [4.69, 9.17) is 4.74 Å². The molecule has 26 heavy (non-hydrogen) atoms. The summed E-state index contributed by atoms with van der Waals surface area (Å²) >= 11 is 0. The van der Waals surface area contributed by atoms with Crippen molar-refractivity contribution in [1.29, 1.82) is 0 Å². The van der Waals surface area contributed by atoms with E-state index < -0.39 is 0 Å². The van der Waals surface area contributed by atoms with Gasteiger partial charge in [0.25, 0.3) is 0 Å². The summed E-state index contributed by atoms with van der Waals surface area (Å²) in [6.07, 6.45) is 11.1. The highest BCUT2D eigenvalue weighted by molar-refractivity contribution is 5.08. The molecule has 0 bridgehead atoms. The van der Waals surface area contributed by atoms with Crippen LogP contribution in [0, 0.1) is 0 Å². The summed E-state index contributed by atoms with van der Waals surface area (Å²) in [5.74, 6) is 3.72. The topological polar surface area (TPSA) is 69.0 Å². The average molecular weight is 356 g/mol. The van der Waals surface area contributed by atoms with Crippen LogP contribution in [-0.4, -0.2) is 49.8 Å². The molecule has 0 N–H and O–H groups in total. The first-order chi connectivity index (χ1) is 12.8. The third-order valence-corrected chi connectivity index (χ3v) is 5.53. The van der Waals surface area contributed by atoms with Gasteiger partial charge in [-0.3, -0.25) is 4.90 Å². The summed E-state index contributed by atoms with van der Waals surface area (Å²) < 4.78 is 7.48. The fraction of sp³-hybridized carbons (Fsp3) is 0.684. The van der Waals surface area contributed by atoms with E-state index in [0.717, 1.165) is 51.3 Å². The molecule has 1 fully saturated rings. The van der Waals surface area contributed by atoms with Crippen molar-refractivity contribution in [3.8, 4) is 0 Å². The Morgan fingerprint density at radius 2 is 1.85 bits per heavy atom. The molecule has 2 aliphatic rings. The predicted octanol–water partition coefficient (Wildman–Crippen LogP) is 2.32. The summed E-state index contributed by atoms with van der Waals surface area (Å²) in [6, 6.07) is 0. The average Bonchev–Trinajstić information content (AvgIpc) is 2.92. The number of aryl methyl sites for hydroxylation is 1. The van der Waals surface area contributed by atoms with E-state index in [1.54, 1.807) is 7.11 Å². The fourth-order valence-electron chi connectivity index (χ4n) is 4.08. The van der Waals surface area contributed by atoms with Crippen LogP contribution in [0.4, 0.5) is 0 Å². The Hall–Kier alpha value is -1.86. The van der Waals surface area contributed by atoms with E-state index in [2.05, 4.69) is 29.6 Å². The molecule has 4 rings (SSSR count). The molecule has 2 aliphatic heterocycles. The second kappa shape index (κ2) is 8.22. The van der Waals surface area contributed by atoms with Gasteiger partial charge in [-0.2, -0.15) is 0 Å². The van der Waals surface area contributed by atoms with Crippen LogP contribution in [-0.2, 0) is 30.9 Å². The van der Waals surface area contributed by atoms with E-state index in [1.165, 1.54) is 36.5 Å². The standard InChI is InChI=1S/C19H28N6O/c1-26-14-17-20-11-15(12-21-17)13-24-9-6-16(7-10-24)19-23-22-18-5-3-2-4-8-25(18)19/h11-12,16H,2-10,13-14H2,1H3. The van der Waals surface area contributed by atoms with Crippen molar-refractivity contribution >= 4 is 0 Å². The third kappa shape index (κ3) is 3.94. The number of likely N-dealkylation sites (tertiary alicyclic amines) is 1. The van der Waals surface area contributed by atoms with Crippen molar-refractivity contribution in [2.45, 2.75) is 64.1 Å². The molecule has 2 aromatic rings. The fourth-order valence-corrected chi connectivity index (χ4v) is 4.08. The van der Waals surface area contributed by atoms with E-state index in [0.29, 0.717) is 12.5 Å². The lowest BCUT2D eigenvalue weighted by atomic mass is 9.95. The Bertz CT molecular complexity index is 705. The molecular weight excluding hydrogens is 328 g/mol. The molecule has 0 atom stereocenters. The van der Waals surface area contributed by atoms with Crippen molar-refractivity contribution in [2.75, 3.05) is 20.2 Å². The number of fused-ring (bicyclic) bond motifs is 1. The minimum Gasteiger partial charge on any atom is -0.377 e. The van der Waals surface area contributed by atoms with E-state index in [-0.39, 0.29) is 0 Å². The van der Waals surface area contributed by atoms with Crippen molar-refractivity contribution in [2.24, 2.45) is 0 Å². The summed E-state index contributed by atoms with van der Waals surface area (Å²) in [4.78, 5) is 11.2. The number of aromatic nitrogens is 5. The van der Waals surface area contributed by atoms with Gasteiger partial charge in [0, 0.05) is 50.5 Å². The van der Waals surface area contributed by atoms with Gasteiger partial charge in [-0.15, -0.1) is 10.2 Å². The first-order valence-electron chi connectivity index (χ1n) is 9.76. The number of hydrogen-bond donors (Lipinski definition) is 0. The molecular formula is C19H28N6O. The lowest BCUT2D eigenvalue weighted by Gasteiger charge is -2.31. The van der Waals surface area contributed by atoms with Crippen molar-refractivity contribution in [3.05, 3.63) is 35.4 Å². The van der Waals surface area contributed by atoms with Gasteiger partial charge >= 0.3 is 0 Å². The molecule has 0 aromatic carbocycles. The van der Waals surface area contributed by atoms with Crippen LogP contribution in [0.5, 0.6) is 0 Å². The number of methoxy groups -OCH3 is 1. The van der Waals surface area contributed by atoms with Crippen LogP contribution in [0.3, 0.4) is 0 Å². The first-order valence-corrected chi connectivity index (χ1v) is 9.76. The molecule has 1 saturated heterocycles. The number of hydrogen-bond acceptors (Lipinski definition) is 6. The maximum atomic E-state index is 5.06. The molecule has 4 heterocycles. The minimum absolute atomic E-state index is 0.467. The zero-order valence-electron chi connectivity index (χ0n) is 15.6. The smallest absolute Gasteiger partial charge is 0.153 e. The Morgan fingerprint density at radius 1 is 1.04 bits per heavy atom. The summed E-state index contributed by atoms with van der Waals surface area (Å²) in [5, 5.41) is 9.04. The van der Waals surface area contributed by atoms with Gasteiger partial charge in [-0.25, -0.2) is 9.97 Å². The summed E-state index contributed by atoms with van der Waals surface area (Å²) in [5.41, 5.74) is 1.17. The maximum Gasteiger partial charge on any atom is 0.153 e. The van der Waals surface area contributed by atoms with Gasteiger partial charge in [0.1, 0.15) is 18.3 Å². The van der Waals surface area contributed by atoms with Gasteiger partial charge < -0.3 is 9.30 Å². The van der Waals surface area contributed by atoms with E-state index >= 15 is 0 Å². The van der Waals surface area contributed by atoms with Crippen LogP contribution in [0.2, 0.25) is 0 Å². The Balaban J connectivity index is 1.33. The molecule has 0 radical (unpaired) electrons. The molecule has 140 valence electrons. The monoisotopic (exact) mass is 356 g/mol. The first kappa shape index (κ1) is 17.5. The normalized spacial score (nSPS) is 19.3. The second-order valence-electron chi connectivity index (χ2n) is 7.43. The van der Waals surface area contributed by atoms with Gasteiger partial charge in [0.05, 0.1) is 0 Å². The number of nitrogens with zero attached hydrogens (tertiary/aromatic N) is 6. The highest BCUT2D eigenvalue weighted by Gasteiger charge is 2.26. The van der Waals surface area contributed by atoms with Gasteiger partial charge in [-0.1, -0.05) is 6.42 Å². The van der Waals surface area contributed by atoms with Crippen molar-refractivity contribution in [1.82, 2.24) is 29.6 Å². The highest BCUT2D eigenvalue weighted by atomic mass is 16.5. The second-order valence-corrected chi connectivity index (χ2v) is 7.43. The van der Waals surface area contributed by atoms with Gasteiger partial charge in [0.2, 0.25) is 0 Å². The highest BCUT2D eigenvalue weighted by Crippen LogP contribution is 2.29. The van der Waals surface area contributed by atoms with Crippen LogP contribution < -0.4 is 0 Å². The minimum atomic E-state index is 0.467. The molecule has 0 saturated carbocycles. The van der Waals surface area contributed by atoms with Crippen LogP contribution in [0.1, 0.15) is 61.1 Å². The van der Waals surface area contributed by atoms with Crippen molar-refractivity contribution < 1.29 is 4.74 Å². The van der Waals surface area contributed by atoms with E-state index in [1.807, 2.05) is 12.4 Å². The zero-order chi connectivity index (χ0) is 17.8. The summed E-state index contributed by atoms with van der Waals surface area (Å²) in [6.45, 7) is 4.66. The van der Waals surface area contributed by atoms with Crippen LogP contribution >= 0.6 is 0 Å². The van der Waals surface area contributed by atoms with Crippen LogP contribution in [0.25, 0.3) is 0 Å². The number of rotatable bonds is 5. The maximum absolute atomic E-state index is 5.06. The lowest BCUT2D eigenvalue weighted by molar-refractivity contribution is 0.177.